The minimum atomic E-state index is 0.582. The van der Waals surface area contributed by atoms with Crippen LogP contribution >= 0.6 is 0 Å². The molecule has 8 bridgehead atoms. The third-order valence-electron chi connectivity index (χ3n) is 12.4. The molecule has 68 heavy (non-hydrogen) atoms. The van der Waals surface area contributed by atoms with E-state index in [-0.39, 0.29) is 0 Å². The fourth-order valence-electron chi connectivity index (χ4n) is 9.12. The molecule has 0 saturated carbocycles. The van der Waals surface area contributed by atoms with Gasteiger partial charge in [-0.3, -0.25) is 0 Å². The van der Waals surface area contributed by atoms with Crippen molar-refractivity contribution < 1.29 is 18.9 Å². The molecule has 5 aliphatic heterocycles. The summed E-state index contributed by atoms with van der Waals surface area (Å²) < 4.78 is 24.3. The molecular formula is C60H60N4O4. The number of fused-ring (bicyclic) bond motifs is 4. The zero-order valence-corrected chi connectivity index (χ0v) is 39.8. The van der Waals surface area contributed by atoms with Crippen LogP contribution in [0.4, 0.5) is 0 Å². The van der Waals surface area contributed by atoms with Crippen LogP contribution in [0.5, 0.6) is 23.0 Å². The fourth-order valence-corrected chi connectivity index (χ4v) is 9.12. The van der Waals surface area contributed by atoms with E-state index >= 15 is 0 Å². The Morgan fingerprint density at radius 2 is 0.691 bits per heavy atom. The maximum absolute atomic E-state index is 6.68. The van der Waals surface area contributed by atoms with Gasteiger partial charge < -0.3 is 18.9 Å². The van der Waals surface area contributed by atoms with E-state index in [4.69, 9.17) is 38.9 Å². The van der Waals surface area contributed by atoms with Gasteiger partial charge in [-0.1, -0.05) is 106 Å². The van der Waals surface area contributed by atoms with Gasteiger partial charge in [-0.05, 0) is 135 Å². The molecular weight excluding hydrogens is 841 g/mol. The van der Waals surface area contributed by atoms with Gasteiger partial charge in [-0.2, -0.15) is 0 Å². The van der Waals surface area contributed by atoms with Crippen LogP contribution < -0.4 is 18.9 Å². The Kier molecular flexibility index (Phi) is 14.8. The van der Waals surface area contributed by atoms with Crippen LogP contribution in [0.25, 0.3) is 22.3 Å². The van der Waals surface area contributed by atoms with Gasteiger partial charge in [0.15, 0.2) is 0 Å². The predicted molar refractivity (Wildman–Crippen MR) is 281 cm³/mol. The van der Waals surface area contributed by atoms with E-state index in [1.54, 1.807) is 0 Å². The van der Waals surface area contributed by atoms with E-state index in [1.807, 2.05) is 63.2 Å². The first-order chi connectivity index (χ1) is 33.5. The van der Waals surface area contributed by atoms with E-state index in [2.05, 4.69) is 110 Å². The van der Waals surface area contributed by atoms with Crippen molar-refractivity contribution in [3.8, 4) is 23.0 Å². The van der Waals surface area contributed by atoms with Gasteiger partial charge in [-0.15, -0.1) is 0 Å². The second-order valence-electron chi connectivity index (χ2n) is 17.1. The molecule has 0 N–H and O–H groups in total. The lowest BCUT2D eigenvalue weighted by atomic mass is 9.97. The summed E-state index contributed by atoms with van der Waals surface area (Å²) in [4.78, 5) is 21.9. The summed E-state index contributed by atoms with van der Waals surface area (Å²) in [5, 5.41) is 0. The van der Waals surface area contributed by atoms with E-state index < -0.39 is 0 Å². The highest BCUT2D eigenvalue weighted by Gasteiger charge is 2.28. The average molecular weight is 901 g/mol. The van der Waals surface area contributed by atoms with Gasteiger partial charge in [0, 0.05) is 27.9 Å². The highest BCUT2D eigenvalue weighted by Crippen LogP contribution is 2.41. The van der Waals surface area contributed by atoms with Gasteiger partial charge >= 0.3 is 0 Å². The maximum atomic E-state index is 6.68. The number of hydrogen-bond donors (Lipinski definition) is 0. The van der Waals surface area contributed by atoms with Crippen LogP contribution in [0.1, 0.15) is 101 Å². The summed E-state index contributed by atoms with van der Waals surface area (Å²) in [6, 6.07) is 32.9. The molecule has 0 unspecified atom stereocenters. The Morgan fingerprint density at radius 3 is 1.09 bits per heavy atom. The van der Waals surface area contributed by atoms with Crippen LogP contribution in [-0.2, 0) is 0 Å². The molecule has 0 fully saturated rings. The second-order valence-corrected chi connectivity index (χ2v) is 17.1. The van der Waals surface area contributed by atoms with Crippen molar-refractivity contribution in [2.75, 3.05) is 26.4 Å². The second kappa shape index (κ2) is 22.0. The van der Waals surface area contributed by atoms with Gasteiger partial charge in [-0.25, -0.2) is 20.0 Å². The van der Waals surface area contributed by atoms with Gasteiger partial charge in [0.25, 0.3) is 0 Å². The summed E-state index contributed by atoms with van der Waals surface area (Å²) in [5.74, 6) is 3.22. The summed E-state index contributed by atoms with van der Waals surface area (Å²) in [5.41, 5.74) is 13.8. The van der Waals surface area contributed by atoms with Crippen molar-refractivity contribution in [3.05, 3.63) is 191 Å². The van der Waals surface area contributed by atoms with Crippen molar-refractivity contribution in [3.63, 3.8) is 0 Å². The van der Waals surface area contributed by atoms with Crippen molar-refractivity contribution in [2.24, 2.45) is 20.0 Å². The minimum Gasteiger partial charge on any atom is -0.494 e. The molecule has 4 aromatic rings. The number of para-hydroxylation sites is 1. The molecule has 5 aliphatic rings. The van der Waals surface area contributed by atoms with Gasteiger partial charge in [0.2, 0.25) is 0 Å². The van der Waals surface area contributed by atoms with Gasteiger partial charge in [0.05, 0.1) is 72.1 Å². The van der Waals surface area contributed by atoms with Crippen molar-refractivity contribution in [2.45, 2.75) is 79.1 Å². The molecule has 8 nitrogen and oxygen atoms in total. The number of unbranched alkanes of at least 4 members (excludes halogenated alkanes) is 7. The Bertz CT molecular complexity index is 2850. The smallest absolute Gasteiger partial charge is 0.127 e. The lowest BCUT2D eigenvalue weighted by Crippen LogP contribution is -2.06. The van der Waals surface area contributed by atoms with Crippen LogP contribution in [-0.4, -0.2) is 49.3 Å². The third-order valence-corrected chi connectivity index (χ3v) is 12.4. The number of allylic oxidation sites excluding steroid dienone is 12. The Morgan fingerprint density at radius 1 is 0.338 bits per heavy atom. The first kappa shape index (κ1) is 45.8. The van der Waals surface area contributed by atoms with Crippen molar-refractivity contribution >= 4 is 45.1 Å². The highest BCUT2D eigenvalue weighted by molar-refractivity contribution is 6.39. The number of benzene rings is 4. The number of hydrogen-bond acceptors (Lipinski definition) is 8. The van der Waals surface area contributed by atoms with Crippen LogP contribution in [0.15, 0.2) is 188 Å². The van der Waals surface area contributed by atoms with Crippen LogP contribution in [0.2, 0.25) is 0 Å². The Balaban J connectivity index is 1.22. The van der Waals surface area contributed by atoms with E-state index in [0.29, 0.717) is 26.4 Å². The average Bonchev–Trinajstić information content (AvgIpc) is 4.22. The fraction of sp³-hybridized carbons (Fsp3) is 0.267. The normalized spacial score (nSPS) is 15.9. The third kappa shape index (κ3) is 10.3. The molecule has 344 valence electrons. The predicted octanol–water partition coefficient (Wildman–Crippen LogP) is 14.4. The molecule has 0 aromatic heterocycles. The molecule has 9 rings (SSSR count). The van der Waals surface area contributed by atoms with E-state index in [0.717, 1.165) is 126 Å². The summed E-state index contributed by atoms with van der Waals surface area (Å²) in [6.45, 7) is 10.6. The maximum Gasteiger partial charge on any atom is 0.127 e. The summed E-state index contributed by atoms with van der Waals surface area (Å²) >= 11 is 0. The molecule has 0 amide bonds. The first-order valence-electron chi connectivity index (χ1n) is 24.5. The lowest BCUT2D eigenvalue weighted by Gasteiger charge is -2.16. The lowest BCUT2D eigenvalue weighted by molar-refractivity contribution is 0.303. The highest BCUT2D eigenvalue weighted by atomic mass is 16.5. The minimum absolute atomic E-state index is 0.582. The van der Waals surface area contributed by atoms with Crippen LogP contribution in [0, 0.1) is 0 Å². The summed E-state index contributed by atoms with van der Waals surface area (Å²) in [6.07, 6.45) is 26.6. The zero-order valence-electron chi connectivity index (χ0n) is 39.8. The molecule has 0 atom stereocenters. The number of rotatable bonds is 20. The SMILES string of the molecule is CCCCCCCCCCOc1ccccc1C1=C2C=CC(=N2)C(c2ccc(OCC)cc2)=C2C=CC(=N2)C(c2ccc(OCC)cc2)=C2C=CC(=N2)C(c2ccc(OCC)cc2)=C2C=CC1=N2. The molecule has 0 spiro atoms. The molecule has 4 aromatic carbocycles. The number of aliphatic imine (C=N–C) groups is 4. The van der Waals surface area contributed by atoms with Crippen LogP contribution in [0.3, 0.4) is 0 Å². The molecule has 5 heterocycles. The largest absolute Gasteiger partial charge is 0.494 e. The summed E-state index contributed by atoms with van der Waals surface area (Å²) in [7, 11) is 0. The molecule has 0 radical (unpaired) electrons. The zero-order chi connectivity index (χ0) is 46.7. The van der Waals surface area contributed by atoms with Crippen molar-refractivity contribution in [1.82, 2.24) is 0 Å². The topological polar surface area (TPSA) is 86.4 Å². The monoisotopic (exact) mass is 900 g/mol. The molecule has 8 heteroatoms. The molecule has 0 aliphatic carbocycles. The standard InChI is InChI=1S/C60H60N4O4/c1-5-9-10-11-12-13-14-17-40-68-56-19-16-15-18-47(56)60-54-38-36-52(63-54)58(42-22-28-45(29-23-42)66-7-3)50-34-32-48(61-50)57(41-20-26-44(27-21-41)65-6-2)49-33-35-51(62-49)59(53-37-39-55(60)64-53)43-24-30-46(31-25-43)67-8-4/h15-16,18-39H,5-14,17,40H2,1-4H3. The van der Waals surface area contributed by atoms with E-state index in [9.17, 15) is 0 Å². The molecule has 0 saturated heterocycles. The van der Waals surface area contributed by atoms with Crippen molar-refractivity contribution in [1.29, 1.82) is 0 Å². The first-order valence-corrected chi connectivity index (χ1v) is 24.5. The number of nitrogens with zero attached hydrogens (tertiary/aromatic N) is 4. The van der Waals surface area contributed by atoms with Gasteiger partial charge in [0.1, 0.15) is 23.0 Å². The Labute approximate surface area is 401 Å². The Hall–Kier alpha value is -7.32. The quantitative estimate of drug-likeness (QED) is 0.0827. The van der Waals surface area contributed by atoms with E-state index in [1.165, 1.54) is 38.5 Å². The number of ether oxygens (including phenoxy) is 4.